The Kier molecular flexibility index (Phi) is 4.14. The zero-order valence-corrected chi connectivity index (χ0v) is 9.02. The van der Waals surface area contributed by atoms with Crippen LogP contribution in [-0.4, -0.2) is 13.6 Å². The smallest absolute Gasteiger partial charge is 0.309 e. The van der Waals surface area contributed by atoms with Gasteiger partial charge in [-0.2, -0.15) is 18.4 Å². The van der Waals surface area contributed by atoms with Crippen LogP contribution in [0.2, 0.25) is 0 Å². The van der Waals surface area contributed by atoms with Gasteiger partial charge in [-0.3, -0.25) is 0 Å². The maximum atomic E-state index is 12.4. The standard InChI is InChI=1S/C12H9F3N2/c1-17-6-2-3-9-4-5-11(12(13,14)15)7-10(9)8-16/h4-5,7,17H,6H2,1H3. The molecule has 0 saturated carbocycles. The van der Waals surface area contributed by atoms with Gasteiger partial charge in [0.05, 0.1) is 17.7 Å². The van der Waals surface area contributed by atoms with Crippen molar-refractivity contribution in [2.24, 2.45) is 0 Å². The molecule has 0 atom stereocenters. The van der Waals surface area contributed by atoms with Crippen molar-refractivity contribution in [2.75, 3.05) is 13.6 Å². The van der Waals surface area contributed by atoms with Gasteiger partial charge in [0.1, 0.15) is 6.07 Å². The Morgan fingerprint density at radius 3 is 2.53 bits per heavy atom. The molecule has 17 heavy (non-hydrogen) atoms. The average molecular weight is 238 g/mol. The second-order valence-electron chi connectivity index (χ2n) is 3.20. The van der Waals surface area contributed by atoms with E-state index in [2.05, 4.69) is 17.2 Å². The van der Waals surface area contributed by atoms with Gasteiger partial charge >= 0.3 is 6.18 Å². The van der Waals surface area contributed by atoms with E-state index in [9.17, 15) is 13.2 Å². The zero-order valence-electron chi connectivity index (χ0n) is 9.02. The Balaban J connectivity index is 3.13. The lowest BCUT2D eigenvalue weighted by molar-refractivity contribution is -0.137. The van der Waals surface area contributed by atoms with Gasteiger partial charge in [-0.05, 0) is 25.2 Å². The van der Waals surface area contributed by atoms with Crippen molar-refractivity contribution in [1.82, 2.24) is 5.32 Å². The largest absolute Gasteiger partial charge is 0.416 e. The number of halogens is 3. The number of benzene rings is 1. The van der Waals surface area contributed by atoms with Crippen molar-refractivity contribution in [3.63, 3.8) is 0 Å². The van der Waals surface area contributed by atoms with Crippen molar-refractivity contribution in [2.45, 2.75) is 6.18 Å². The Bertz CT molecular complexity index is 501. The van der Waals surface area contributed by atoms with E-state index in [4.69, 9.17) is 5.26 Å². The van der Waals surface area contributed by atoms with Gasteiger partial charge in [-0.15, -0.1) is 0 Å². The summed E-state index contributed by atoms with van der Waals surface area (Å²) in [6.07, 6.45) is -4.44. The number of hydrogen-bond donors (Lipinski definition) is 1. The van der Waals surface area contributed by atoms with E-state index in [0.29, 0.717) is 12.1 Å². The first-order valence-electron chi connectivity index (χ1n) is 4.74. The Labute approximate surface area is 97.1 Å². The number of hydrogen-bond acceptors (Lipinski definition) is 2. The van der Waals surface area contributed by atoms with Crippen LogP contribution in [0.3, 0.4) is 0 Å². The number of nitrogens with zero attached hydrogens (tertiary/aromatic N) is 1. The molecule has 2 nitrogen and oxygen atoms in total. The molecule has 0 spiro atoms. The highest BCUT2D eigenvalue weighted by Crippen LogP contribution is 2.30. The summed E-state index contributed by atoms with van der Waals surface area (Å²) in [5.41, 5.74) is -0.604. The van der Waals surface area contributed by atoms with Crippen molar-refractivity contribution < 1.29 is 13.2 Å². The first-order chi connectivity index (χ1) is 7.99. The molecule has 0 aromatic heterocycles. The molecule has 1 aromatic rings. The third kappa shape index (κ3) is 3.51. The first kappa shape index (κ1) is 13.1. The highest BCUT2D eigenvalue weighted by Gasteiger charge is 2.30. The van der Waals surface area contributed by atoms with Gasteiger partial charge in [0.2, 0.25) is 0 Å². The highest BCUT2D eigenvalue weighted by atomic mass is 19.4. The second kappa shape index (κ2) is 5.38. The minimum absolute atomic E-state index is 0.0663. The van der Waals surface area contributed by atoms with Gasteiger partial charge in [0.25, 0.3) is 0 Å². The van der Waals surface area contributed by atoms with Gasteiger partial charge in [-0.25, -0.2) is 0 Å². The van der Waals surface area contributed by atoms with E-state index < -0.39 is 11.7 Å². The monoisotopic (exact) mass is 238 g/mol. The summed E-state index contributed by atoms with van der Waals surface area (Å²) in [4.78, 5) is 0. The van der Waals surface area contributed by atoms with Crippen LogP contribution in [0.5, 0.6) is 0 Å². The SMILES string of the molecule is CNCC#Cc1ccc(C(F)(F)F)cc1C#N. The van der Waals surface area contributed by atoms with Crippen molar-refractivity contribution in [3.05, 3.63) is 34.9 Å². The molecule has 0 aliphatic heterocycles. The van der Waals surface area contributed by atoms with Gasteiger partial charge in [-0.1, -0.05) is 11.8 Å². The number of nitrogens with one attached hydrogen (secondary N) is 1. The molecular formula is C12H9F3N2. The first-order valence-corrected chi connectivity index (χ1v) is 4.74. The summed E-state index contributed by atoms with van der Waals surface area (Å²) < 4.78 is 37.2. The minimum atomic E-state index is -4.44. The van der Waals surface area contributed by atoms with Crippen LogP contribution < -0.4 is 5.32 Å². The molecule has 0 unspecified atom stereocenters. The maximum absolute atomic E-state index is 12.4. The van der Waals surface area contributed by atoms with E-state index in [0.717, 1.165) is 12.1 Å². The van der Waals surface area contributed by atoms with Crippen LogP contribution in [0.4, 0.5) is 13.2 Å². The van der Waals surface area contributed by atoms with Crippen LogP contribution in [0.15, 0.2) is 18.2 Å². The molecule has 1 rings (SSSR count). The average Bonchev–Trinajstić information content (AvgIpc) is 2.28. The Morgan fingerprint density at radius 2 is 2.00 bits per heavy atom. The summed E-state index contributed by atoms with van der Waals surface area (Å²) in [7, 11) is 1.70. The zero-order chi connectivity index (χ0) is 12.9. The molecule has 0 aliphatic carbocycles. The molecule has 0 radical (unpaired) electrons. The maximum Gasteiger partial charge on any atom is 0.416 e. The normalized spacial score (nSPS) is 10.3. The van der Waals surface area contributed by atoms with E-state index in [-0.39, 0.29) is 5.56 Å². The molecule has 88 valence electrons. The number of alkyl halides is 3. The van der Waals surface area contributed by atoms with Crippen molar-refractivity contribution >= 4 is 0 Å². The molecule has 0 saturated heterocycles. The molecule has 0 fully saturated rings. The summed E-state index contributed by atoms with van der Waals surface area (Å²) in [5, 5.41) is 11.5. The fourth-order valence-corrected chi connectivity index (χ4v) is 1.15. The summed E-state index contributed by atoms with van der Waals surface area (Å²) >= 11 is 0. The molecule has 1 N–H and O–H groups in total. The van der Waals surface area contributed by atoms with Gasteiger partial charge in [0, 0.05) is 5.56 Å². The Morgan fingerprint density at radius 1 is 1.29 bits per heavy atom. The fourth-order valence-electron chi connectivity index (χ4n) is 1.15. The van der Waals surface area contributed by atoms with E-state index >= 15 is 0 Å². The van der Waals surface area contributed by atoms with Gasteiger partial charge < -0.3 is 5.32 Å². The quantitative estimate of drug-likeness (QED) is 0.761. The fraction of sp³-hybridized carbons (Fsp3) is 0.250. The molecule has 0 bridgehead atoms. The van der Waals surface area contributed by atoms with Crippen LogP contribution >= 0.6 is 0 Å². The minimum Gasteiger partial charge on any atom is -0.309 e. The summed E-state index contributed by atoms with van der Waals surface area (Å²) in [6, 6.07) is 4.65. The lowest BCUT2D eigenvalue weighted by Crippen LogP contribution is -2.06. The second-order valence-corrected chi connectivity index (χ2v) is 3.20. The predicted molar refractivity (Wildman–Crippen MR) is 57.0 cm³/mol. The number of nitriles is 1. The molecule has 0 aliphatic rings. The van der Waals surface area contributed by atoms with E-state index in [1.807, 2.05) is 0 Å². The lowest BCUT2D eigenvalue weighted by Gasteiger charge is -2.06. The van der Waals surface area contributed by atoms with Crippen LogP contribution in [0.25, 0.3) is 0 Å². The lowest BCUT2D eigenvalue weighted by atomic mass is 10.0. The third-order valence-corrected chi connectivity index (χ3v) is 1.96. The van der Waals surface area contributed by atoms with Crippen LogP contribution in [-0.2, 0) is 6.18 Å². The van der Waals surface area contributed by atoms with Crippen LogP contribution in [0.1, 0.15) is 16.7 Å². The number of rotatable bonds is 1. The molecule has 0 amide bonds. The molecular weight excluding hydrogens is 229 g/mol. The van der Waals surface area contributed by atoms with E-state index in [1.54, 1.807) is 13.1 Å². The van der Waals surface area contributed by atoms with Gasteiger partial charge in [0.15, 0.2) is 0 Å². The third-order valence-electron chi connectivity index (χ3n) is 1.96. The highest BCUT2D eigenvalue weighted by molar-refractivity contribution is 5.50. The van der Waals surface area contributed by atoms with E-state index in [1.165, 1.54) is 6.07 Å². The summed E-state index contributed by atoms with van der Waals surface area (Å²) in [6.45, 7) is 0.409. The predicted octanol–water partition coefficient (Wildman–Crippen LogP) is 2.15. The Hall–Kier alpha value is -1.98. The van der Waals surface area contributed by atoms with Crippen molar-refractivity contribution in [3.8, 4) is 17.9 Å². The topological polar surface area (TPSA) is 35.8 Å². The molecule has 1 aromatic carbocycles. The molecule has 0 heterocycles. The molecule has 5 heteroatoms. The van der Waals surface area contributed by atoms with Crippen LogP contribution in [0, 0.1) is 23.2 Å². The summed E-state index contributed by atoms with van der Waals surface area (Å²) in [5.74, 6) is 5.33. The van der Waals surface area contributed by atoms with Crippen molar-refractivity contribution in [1.29, 1.82) is 5.26 Å².